The lowest BCUT2D eigenvalue weighted by molar-refractivity contribution is -0.124. The Kier molecular flexibility index (Phi) is 8.57. The molecule has 1 atom stereocenters. The molecule has 11 nitrogen and oxygen atoms in total. The Balaban J connectivity index is 1.13. The molecular weight excluding hydrogens is 600 g/mol. The van der Waals surface area contributed by atoms with Crippen LogP contribution >= 0.6 is 0 Å². The summed E-state index contributed by atoms with van der Waals surface area (Å²) in [6.07, 6.45) is 2.37. The molecule has 0 radical (unpaired) electrons. The number of aliphatic hydroxyl groups excluding tert-OH is 1. The van der Waals surface area contributed by atoms with Crippen LogP contribution in [0.5, 0.6) is 17.2 Å². The van der Waals surface area contributed by atoms with Crippen LogP contribution in [0.25, 0.3) is 0 Å². The van der Waals surface area contributed by atoms with Crippen molar-refractivity contribution in [1.29, 1.82) is 0 Å². The van der Waals surface area contributed by atoms with Crippen molar-refractivity contribution in [2.24, 2.45) is 5.92 Å². The number of hydrogen-bond donors (Lipinski definition) is 3. The van der Waals surface area contributed by atoms with E-state index in [0.29, 0.717) is 18.2 Å². The Morgan fingerprint density at radius 2 is 1.70 bits per heavy atom. The van der Waals surface area contributed by atoms with E-state index < -0.39 is 35.9 Å². The maximum absolute atomic E-state index is 15.1. The molecule has 1 aromatic heterocycles. The second kappa shape index (κ2) is 13.0. The quantitative estimate of drug-likeness (QED) is 0.204. The molecular formula is C33H27F2N5O6. The fraction of sp³-hybridized carbons (Fsp3) is 0.152. The number of ether oxygens (including phenoxy) is 2. The van der Waals surface area contributed by atoms with Gasteiger partial charge in [0.1, 0.15) is 28.7 Å². The monoisotopic (exact) mass is 627 g/mol. The van der Waals surface area contributed by atoms with Gasteiger partial charge in [0, 0.05) is 42.4 Å². The van der Waals surface area contributed by atoms with Gasteiger partial charge in [-0.25, -0.2) is 18.6 Å². The molecule has 0 saturated heterocycles. The topological polar surface area (TPSA) is 133 Å². The van der Waals surface area contributed by atoms with Crippen LogP contribution in [0, 0.1) is 17.6 Å². The zero-order chi connectivity index (χ0) is 32.2. The molecule has 13 heteroatoms. The summed E-state index contributed by atoms with van der Waals surface area (Å²) in [6, 6.07) is 19.9. The molecule has 0 spiro atoms. The van der Waals surface area contributed by atoms with Crippen molar-refractivity contribution in [2.45, 2.75) is 19.2 Å². The van der Waals surface area contributed by atoms with Gasteiger partial charge in [0.05, 0.1) is 0 Å². The molecule has 1 aliphatic heterocycles. The fourth-order valence-electron chi connectivity index (χ4n) is 4.68. The average Bonchev–Trinajstić information content (AvgIpc) is 3.86. The van der Waals surface area contributed by atoms with Gasteiger partial charge in [-0.05, 0) is 73.4 Å². The first-order valence-electron chi connectivity index (χ1n) is 14.3. The highest BCUT2D eigenvalue weighted by Gasteiger charge is 2.39. The van der Waals surface area contributed by atoms with E-state index in [9.17, 15) is 23.9 Å². The number of nitrogens with one attached hydrogen (secondary N) is 2. The number of benzene rings is 3. The van der Waals surface area contributed by atoms with Crippen molar-refractivity contribution in [2.75, 3.05) is 22.1 Å². The van der Waals surface area contributed by atoms with Crippen LogP contribution < -0.4 is 25.0 Å². The SMILES string of the molecule is O=C(Nc1cc(Oc2ccc(NC(=O)C3=CN(CC4CC4)C(O)N(c4ccc(F)cc4)C3=O)cc2F)ccn1)Oc1ccccc1. The zero-order valence-corrected chi connectivity index (χ0v) is 24.1. The van der Waals surface area contributed by atoms with Crippen molar-refractivity contribution in [3.8, 4) is 17.2 Å². The molecule has 234 valence electrons. The summed E-state index contributed by atoms with van der Waals surface area (Å²) in [5, 5.41) is 15.9. The molecule has 1 saturated carbocycles. The van der Waals surface area contributed by atoms with E-state index in [2.05, 4.69) is 15.6 Å². The van der Waals surface area contributed by atoms with Crippen molar-refractivity contribution < 1.29 is 37.7 Å². The lowest BCUT2D eigenvalue weighted by atomic mass is 10.1. The molecule has 6 rings (SSSR count). The first-order valence-corrected chi connectivity index (χ1v) is 14.3. The van der Waals surface area contributed by atoms with Gasteiger partial charge >= 0.3 is 6.09 Å². The molecule has 1 unspecified atom stereocenters. The highest BCUT2D eigenvalue weighted by atomic mass is 19.1. The minimum Gasteiger partial charge on any atom is -0.454 e. The van der Waals surface area contributed by atoms with Crippen LogP contribution in [0.15, 0.2) is 103 Å². The Hall–Kier alpha value is -5.82. The predicted molar refractivity (Wildman–Crippen MR) is 163 cm³/mol. The smallest absolute Gasteiger partial charge is 0.418 e. The molecule has 4 aromatic rings. The van der Waals surface area contributed by atoms with E-state index in [1.165, 1.54) is 53.7 Å². The number of halogens is 2. The normalized spacial score (nSPS) is 16.0. The second-order valence-corrected chi connectivity index (χ2v) is 10.6. The van der Waals surface area contributed by atoms with Gasteiger partial charge in [0.15, 0.2) is 11.6 Å². The Morgan fingerprint density at radius 1 is 0.935 bits per heavy atom. The molecule has 1 fully saturated rings. The van der Waals surface area contributed by atoms with Crippen LogP contribution in [-0.4, -0.2) is 45.8 Å². The lowest BCUT2D eigenvalue weighted by Crippen LogP contribution is -2.55. The molecule has 3 N–H and O–H groups in total. The number of rotatable bonds is 9. The maximum Gasteiger partial charge on any atom is 0.418 e. The summed E-state index contributed by atoms with van der Waals surface area (Å²) < 4.78 is 39.4. The predicted octanol–water partition coefficient (Wildman–Crippen LogP) is 5.62. The number of para-hydroxylation sites is 1. The van der Waals surface area contributed by atoms with E-state index in [-0.39, 0.29) is 34.3 Å². The van der Waals surface area contributed by atoms with Crippen LogP contribution in [0.1, 0.15) is 12.8 Å². The molecule has 2 heterocycles. The van der Waals surface area contributed by atoms with E-state index in [0.717, 1.165) is 35.9 Å². The Morgan fingerprint density at radius 3 is 2.41 bits per heavy atom. The summed E-state index contributed by atoms with van der Waals surface area (Å²) in [6.45, 7) is 0.407. The Labute approximate surface area is 261 Å². The van der Waals surface area contributed by atoms with Gasteiger partial charge in [0.25, 0.3) is 11.8 Å². The molecule has 3 aromatic carbocycles. The number of hydrogen-bond acceptors (Lipinski definition) is 8. The largest absolute Gasteiger partial charge is 0.454 e. The molecule has 0 bridgehead atoms. The lowest BCUT2D eigenvalue weighted by Gasteiger charge is -2.39. The van der Waals surface area contributed by atoms with Gasteiger partial charge in [-0.15, -0.1) is 0 Å². The summed E-state index contributed by atoms with van der Waals surface area (Å²) in [5.41, 5.74) is -0.0516. The van der Waals surface area contributed by atoms with Crippen molar-refractivity contribution in [3.05, 3.63) is 115 Å². The number of amides is 3. The molecule has 1 aliphatic carbocycles. The third-order valence-corrected chi connectivity index (χ3v) is 7.12. The zero-order valence-electron chi connectivity index (χ0n) is 24.1. The maximum atomic E-state index is 15.1. The van der Waals surface area contributed by atoms with Crippen LogP contribution in [0.3, 0.4) is 0 Å². The first-order chi connectivity index (χ1) is 22.2. The van der Waals surface area contributed by atoms with Gasteiger partial charge in [0.2, 0.25) is 6.35 Å². The number of anilines is 3. The third kappa shape index (κ3) is 7.11. The highest BCUT2D eigenvalue weighted by Crippen LogP contribution is 2.34. The number of nitrogens with zero attached hydrogens (tertiary/aromatic N) is 3. The number of carbonyl (C=O) groups is 3. The van der Waals surface area contributed by atoms with Crippen LogP contribution in [0.2, 0.25) is 0 Å². The van der Waals surface area contributed by atoms with Gasteiger partial charge in [-0.3, -0.25) is 19.8 Å². The molecule has 2 aliphatic rings. The van der Waals surface area contributed by atoms with E-state index in [4.69, 9.17) is 9.47 Å². The van der Waals surface area contributed by atoms with E-state index in [1.807, 2.05) is 0 Å². The van der Waals surface area contributed by atoms with Crippen molar-refractivity contribution >= 4 is 35.1 Å². The standard InChI is InChI=1S/C33H27F2N5O6/c34-21-8-11-23(12-9-21)40-31(42)26(19-39(33(40)44)18-20-6-7-20)30(41)37-22-10-13-28(27(35)16-22)45-25-14-15-36-29(17-25)38-32(43)46-24-4-2-1-3-5-24/h1-5,8-17,19-20,33,44H,6-7,18H2,(H,37,41)(H,36,38,43). The summed E-state index contributed by atoms with van der Waals surface area (Å²) in [5.74, 6) is -2.27. The fourth-order valence-corrected chi connectivity index (χ4v) is 4.68. The number of carbonyl (C=O) groups excluding carboxylic acids is 3. The first kappa shape index (κ1) is 30.2. The van der Waals surface area contributed by atoms with Crippen LogP contribution in [-0.2, 0) is 9.59 Å². The van der Waals surface area contributed by atoms with Gasteiger partial charge in [-0.2, -0.15) is 0 Å². The number of aromatic nitrogens is 1. The highest BCUT2D eigenvalue weighted by molar-refractivity contribution is 6.27. The van der Waals surface area contributed by atoms with Crippen LogP contribution in [0.4, 0.5) is 30.8 Å². The average molecular weight is 628 g/mol. The summed E-state index contributed by atoms with van der Waals surface area (Å²) >= 11 is 0. The van der Waals surface area contributed by atoms with Crippen molar-refractivity contribution in [3.63, 3.8) is 0 Å². The number of pyridine rings is 1. The third-order valence-electron chi connectivity index (χ3n) is 7.12. The van der Waals surface area contributed by atoms with E-state index in [1.54, 1.807) is 30.3 Å². The second-order valence-electron chi connectivity index (χ2n) is 10.6. The summed E-state index contributed by atoms with van der Waals surface area (Å²) in [4.78, 5) is 45.4. The molecule has 46 heavy (non-hydrogen) atoms. The molecule has 3 amide bonds. The van der Waals surface area contributed by atoms with Gasteiger partial charge in [-0.1, -0.05) is 18.2 Å². The van der Waals surface area contributed by atoms with E-state index >= 15 is 4.39 Å². The number of aliphatic hydroxyl groups is 1. The Bertz CT molecular complexity index is 1800. The summed E-state index contributed by atoms with van der Waals surface area (Å²) in [7, 11) is 0. The van der Waals surface area contributed by atoms with Gasteiger partial charge < -0.3 is 24.8 Å². The minimum absolute atomic E-state index is 0.0393. The minimum atomic E-state index is -1.40. The van der Waals surface area contributed by atoms with Crippen molar-refractivity contribution in [1.82, 2.24) is 9.88 Å².